The molecule has 0 bridgehead atoms. The van der Waals surface area contributed by atoms with Gasteiger partial charge in [-0.05, 0) is 35.9 Å². The van der Waals surface area contributed by atoms with Crippen molar-refractivity contribution >= 4 is 45.9 Å². The summed E-state index contributed by atoms with van der Waals surface area (Å²) in [5, 5.41) is 37.9. The van der Waals surface area contributed by atoms with E-state index in [1.165, 1.54) is 27.7 Å². The van der Waals surface area contributed by atoms with Crippen LogP contribution in [0.1, 0.15) is 30.3 Å². The van der Waals surface area contributed by atoms with Crippen LogP contribution in [0.2, 0.25) is 5.28 Å². The van der Waals surface area contributed by atoms with Gasteiger partial charge in [-0.15, -0.1) is 17.8 Å². The summed E-state index contributed by atoms with van der Waals surface area (Å²) in [6, 6.07) is 8.96. The number of ether oxygens (including phenoxy) is 2. The first-order chi connectivity index (χ1) is 20.2. The highest BCUT2D eigenvalue weighted by molar-refractivity contribution is 7.07. The molecule has 5 atom stereocenters. The van der Waals surface area contributed by atoms with Crippen LogP contribution in [0.15, 0.2) is 47.5 Å². The van der Waals surface area contributed by atoms with E-state index in [4.69, 9.17) is 27.5 Å². The molecule has 218 valence electrons. The molecule has 42 heavy (non-hydrogen) atoms. The Balaban J connectivity index is 1.30. The first kappa shape index (κ1) is 28.5. The van der Waals surface area contributed by atoms with Crippen LogP contribution in [-0.2, 0) is 26.3 Å². The fourth-order valence-electron chi connectivity index (χ4n) is 5.05. The maximum atomic E-state index is 12.8. The number of nitrogens with zero attached hydrogens (tertiary/aromatic N) is 5. The lowest BCUT2D eigenvalue weighted by Crippen LogP contribution is -2.50. The van der Waals surface area contributed by atoms with Crippen LogP contribution in [0.5, 0.6) is 0 Å². The molecule has 1 aliphatic heterocycles. The van der Waals surface area contributed by atoms with Crippen LogP contribution in [0, 0.1) is 18.3 Å². The molecule has 4 heterocycles. The van der Waals surface area contributed by atoms with Gasteiger partial charge in [-0.25, -0.2) is 14.8 Å². The standard InChI is InChI=1S/C28H27ClN6O6S/c1-2-27(39)19(12-40-28(25(37)38,18-13-42-15-32-18)10-16-6-4-3-5-7-16)41-24(21(27)36)35-14-31-20-22(30-11-17-8-9-17)33-26(29)34-23(20)35/h1,3-7,13-15,17,19,21,24,36,39H,8-12H2,(H,37,38)(H,30,33,34)/t19-,21+,24-,27-,28+/m1/s1. The van der Waals surface area contributed by atoms with E-state index in [2.05, 4.69) is 31.2 Å². The van der Waals surface area contributed by atoms with Crippen LogP contribution in [-0.4, -0.2) is 76.8 Å². The number of aliphatic carboxylic acids is 1. The number of imidazole rings is 1. The number of benzene rings is 1. The highest BCUT2D eigenvalue weighted by Gasteiger charge is 2.57. The van der Waals surface area contributed by atoms with Crippen LogP contribution in [0.25, 0.3) is 11.2 Å². The van der Waals surface area contributed by atoms with Gasteiger partial charge in [-0.1, -0.05) is 36.3 Å². The lowest BCUT2D eigenvalue weighted by Gasteiger charge is -2.32. The van der Waals surface area contributed by atoms with Crippen molar-refractivity contribution in [2.75, 3.05) is 18.5 Å². The minimum absolute atomic E-state index is 0.0439. The molecule has 2 fully saturated rings. The molecule has 0 amide bonds. The third-order valence-corrected chi connectivity index (χ3v) is 8.39. The number of carbonyl (C=O) groups is 1. The van der Waals surface area contributed by atoms with Gasteiger partial charge < -0.3 is 30.1 Å². The normalized spacial score (nSPS) is 25.2. The molecule has 4 N–H and O–H groups in total. The van der Waals surface area contributed by atoms with Gasteiger partial charge in [0.25, 0.3) is 0 Å². The molecular formula is C28H27ClN6O6S. The van der Waals surface area contributed by atoms with Crippen molar-refractivity contribution in [2.24, 2.45) is 5.92 Å². The Bertz CT molecular complexity index is 1630. The molecule has 3 aromatic heterocycles. The number of nitrogens with one attached hydrogen (secondary N) is 1. The Labute approximate surface area is 249 Å². The largest absolute Gasteiger partial charge is 0.479 e. The predicted molar refractivity (Wildman–Crippen MR) is 153 cm³/mol. The van der Waals surface area contributed by atoms with Gasteiger partial charge in [-0.3, -0.25) is 4.57 Å². The van der Waals surface area contributed by atoms with E-state index in [0.29, 0.717) is 29.4 Å². The number of anilines is 1. The van der Waals surface area contributed by atoms with Crippen LogP contribution >= 0.6 is 22.9 Å². The average molecular weight is 611 g/mol. The molecular weight excluding hydrogens is 584 g/mol. The number of carboxylic acids is 1. The second-order valence-corrected chi connectivity index (χ2v) is 11.5. The van der Waals surface area contributed by atoms with Gasteiger partial charge in [0.2, 0.25) is 10.9 Å². The minimum atomic E-state index is -2.25. The van der Waals surface area contributed by atoms with Crippen LogP contribution in [0.4, 0.5) is 5.82 Å². The zero-order chi connectivity index (χ0) is 29.5. The number of hydrogen-bond donors (Lipinski definition) is 4. The molecule has 0 unspecified atom stereocenters. The predicted octanol–water partition coefficient (Wildman–Crippen LogP) is 2.62. The zero-order valence-corrected chi connectivity index (χ0v) is 23.7. The number of terminal acetylenes is 1. The number of hydrogen-bond acceptors (Lipinski definition) is 11. The average Bonchev–Trinajstić information content (AvgIpc) is 3.35. The number of rotatable bonds is 11. The van der Waals surface area contributed by atoms with Gasteiger partial charge in [0.05, 0.1) is 24.1 Å². The Kier molecular flexibility index (Phi) is 7.61. The smallest absolute Gasteiger partial charge is 0.342 e. The van der Waals surface area contributed by atoms with Gasteiger partial charge in [0, 0.05) is 18.3 Å². The first-order valence-corrected chi connectivity index (χ1v) is 14.5. The van der Waals surface area contributed by atoms with E-state index in [1.54, 1.807) is 29.6 Å². The third kappa shape index (κ3) is 5.11. The molecule has 1 aromatic carbocycles. The van der Waals surface area contributed by atoms with Crippen molar-refractivity contribution in [3.05, 3.63) is 64.1 Å². The maximum absolute atomic E-state index is 12.8. The molecule has 0 radical (unpaired) electrons. The van der Waals surface area contributed by atoms with Gasteiger partial charge in [-0.2, -0.15) is 9.97 Å². The van der Waals surface area contributed by atoms with Crippen LogP contribution < -0.4 is 5.32 Å². The van der Waals surface area contributed by atoms with E-state index >= 15 is 0 Å². The molecule has 2 aliphatic rings. The highest BCUT2D eigenvalue weighted by atomic mass is 35.5. The summed E-state index contributed by atoms with van der Waals surface area (Å²) < 4.78 is 13.6. The lowest BCUT2D eigenvalue weighted by atomic mass is 9.90. The highest BCUT2D eigenvalue weighted by Crippen LogP contribution is 2.41. The molecule has 4 aromatic rings. The fourth-order valence-corrected chi connectivity index (χ4v) is 5.83. The summed E-state index contributed by atoms with van der Waals surface area (Å²) in [5.41, 5.74) is -1.13. The van der Waals surface area contributed by atoms with Crippen molar-refractivity contribution < 1.29 is 29.6 Å². The van der Waals surface area contributed by atoms with Crippen molar-refractivity contribution in [3.8, 4) is 12.3 Å². The Morgan fingerprint density at radius 1 is 1.31 bits per heavy atom. The van der Waals surface area contributed by atoms with Crippen molar-refractivity contribution in [2.45, 2.75) is 48.9 Å². The van der Waals surface area contributed by atoms with Gasteiger partial charge >= 0.3 is 5.97 Å². The minimum Gasteiger partial charge on any atom is -0.479 e. The molecule has 12 nitrogen and oxygen atoms in total. The van der Waals surface area contributed by atoms with Crippen molar-refractivity contribution in [1.82, 2.24) is 24.5 Å². The second kappa shape index (κ2) is 11.2. The molecule has 1 saturated carbocycles. The van der Waals surface area contributed by atoms with Crippen molar-refractivity contribution in [3.63, 3.8) is 0 Å². The Morgan fingerprint density at radius 2 is 2.10 bits per heavy atom. The van der Waals surface area contributed by atoms with Gasteiger partial charge in [0.1, 0.15) is 12.2 Å². The SMILES string of the molecule is C#C[C@@]1(O)[C@@H](CO[C@](Cc2ccccc2)(C(=O)O)c2cscn2)O[C@@H](n2cnc3c(NCC4CC4)nc(Cl)nc32)[C@@H]1O. The Morgan fingerprint density at radius 3 is 2.76 bits per heavy atom. The summed E-state index contributed by atoms with van der Waals surface area (Å²) in [7, 11) is 0. The molecule has 1 saturated heterocycles. The van der Waals surface area contributed by atoms with Crippen LogP contribution in [0.3, 0.4) is 0 Å². The monoisotopic (exact) mass is 610 g/mol. The number of fused-ring (bicyclic) bond motifs is 1. The van der Waals surface area contributed by atoms with Gasteiger partial charge in [0.15, 0.2) is 28.8 Å². The first-order valence-electron chi connectivity index (χ1n) is 13.2. The third-order valence-electron chi connectivity index (χ3n) is 7.64. The molecule has 6 rings (SSSR count). The number of aromatic nitrogens is 5. The summed E-state index contributed by atoms with van der Waals surface area (Å²) in [4.78, 5) is 30.0. The Hall–Kier alpha value is -3.64. The number of thiazole rings is 1. The number of carboxylic acid groups (broad SMARTS) is 1. The summed E-state index contributed by atoms with van der Waals surface area (Å²) >= 11 is 7.44. The van der Waals surface area contributed by atoms with E-state index < -0.39 is 42.2 Å². The second-order valence-electron chi connectivity index (χ2n) is 10.4. The quantitative estimate of drug-likeness (QED) is 0.146. The number of halogens is 1. The summed E-state index contributed by atoms with van der Waals surface area (Å²) in [6.45, 7) is 0.225. The number of aliphatic hydroxyl groups excluding tert-OH is 1. The summed E-state index contributed by atoms with van der Waals surface area (Å²) in [6.07, 6.45) is 5.07. The van der Waals surface area contributed by atoms with Crippen molar-refractivity contribution in [1.29, 1.82) is 0 Å². The summed E-state index contributed by atoms with van der Waals surface area (Å²) in [5.74, 6) is 1.94. The van der Waals surface area contributed by atoms with E-state index in [9.17, 15) is 20.1 Å². The zero-order valence-electron chi connectivity index (χ0n) is 22.1. The fraction of sp³-hybridized carbons (Fsp3) is 0.393. The van der Waals surface area contributed by atoms with E-state index in [-0.39, 0.29) is 23.0 Å². The van der Waals surface area contributed by atoms with E-state index in [1.807, 2.05) is 6.07 Å². The van der Waals surface area contributed by atoms with E-state index in [0.717, 1.165) is 12.8 Å². The molecule has 0 spiro atoms. The number of aliphatic hydroxyl groups is 2. The molecule has 1 aliphatic carbocycles. The lowest BCUT2D eigenvalue weighted by molar-refractivity contribution is -0.179. The molecule has 14 heteroatoms. The topological polar surface area (TPSA) is 165 Å². The maximum Gasteiger partial charge on any atom is 0.342 e.